The molecule has 3 aliphatic carbocycles. The third-order valence-corrected chi connectivity index (χ3v) is 10.8. The summed E-state index contributed by atoms with van der Waals surface area (Å²) in [7, 11) is 1.50. The van der Waals surface area contributed by atoms with Gasteiger partial charge in [0.1, 0.15) is 17.4 Å². The Morgan fingerprint density at radius 3 is 2.67 bits per heavy atom. The van der Waals surface area contributed by atoms with Crippen molar-refractivity contribution < 1.29 is 14.2 Å². The summed E-state index contributed by atoms with van der Waals surface area (Å²) in [6.07, 6.45) is 5.64. The van der Waals surface area contributed by atoms with Crippen LogP contribution in [0.1, 0.15) is 39.2 Å². The number of benzene rings is 2. The molecule has 10 heteroatoms. The SMILES string of the molecule is COc1ccc(CCn2c(-c3cccnc3)nc3cc(N/C(=N/C4C[C@@H]5C[C@H]([C@@H]4C)C5(C)C)N4CC(O)C4)ccc3c2=O)c(F)c1. The lowest BCUT2D eigenvalue weighted by Crippen LogP contribution is -2.58. The van der Waals surface area contributed by atoms with E-state index < -0.39 is 0 Å². The van der Waals surface area contributed by atoms with Gasteiger partial charge >= 0.3 is 0 Å². The Morgan fingerprint density at radius 1 is 1.17 bits per heavy atom. The molecule has 1 aliphatic heterocycles. The number of β-amino-alcohol motifs (C(OH)–C–C–N with tert-alkyl or cyclic N) is 1. The number of guanidine groups is 1. The van der Waals surface area contributed by atoms with E-state index in [2.05, 4.69) is 36.0 Å². The van der Waals surface area contributed by atoms with Crippen LogP contribution in [0.3, 0.4) is 0 Å². The second kappa shape index (κ2) is 11.8. The van der Waals surface area contributed by atoms with E-state index in [1.807, 2.05) is 18.2 Å². The molecule has 46 heavy (non-hydrogen) atoms. The van der Waals surface area contributed by atoms with Crippen LogP contribution in [-0.2, 0) is 13.0 Å². The minimum atomic E-state index is -0.379. The molecular weight excluding hydrogens is 583 g/mol. The number of aromatic nitrogens is 3. The number of aryl methyl sites for hydroxylation is 1. The average molecular weight is 625 g/mol. The first-order valence-corrected chi connectivity index (χ1v) is 16.2. The number of halogens is 1. The smallest absolute Gasteiger partial charge is 0.261 e. The molecule has 4 atom stereocenters. The maximum Gasteiger partial charge on any atom is 0.261 e. The lowest BCUT2D eigenvalue weighted by atomic mass is 9.45. The molecule has 240 valence electrons. The van der Waals surface area contributed by atoms with Crippen molar-refractivity contribution in [1.29, 1.82) is 0 Å². The number of methoxy groups -OCH3 is 1. The number of hydrogen-bond donors (Lipinski definition) is 2. The van der Waals surface area contributed by atoms with Gasteiger partial charge in [-0.1, -0.05) is 26.8 Å². The predicted molar refractivity (Wildman–Crippen MR) is 177 cm³/mol. The van der Waals surface area contributed by atoms with Gasteiger partial charge in [-0.2, -0.15) is 0 Å². The third-order valence-electron chi connectivity index (χ3n) is 10.8. The highest BCUT2D eigenvalue weighted by atomic mass is 19.1. The fourth-order valence-corrected chi connectivity index (χ4v) is 7.71. The third kappa shape index (κ3) is 5.42. The Bertz CT molecular complexity index is 1850. The van der Waals surface area contributed by atoms with Gasteiger partial charge in [-0.3, -0.25) is 14.3 Å². The largest absolute Gasteiger partial charge is 0.497 e. The Hall–Kier alpha value is -4.31. The van der Waals surface area contributed by atoms with E-state index in [0.29, 0.717) is 76.3 Å². The highest BCUT2D eigenvalue weighted by molar-refractivity contribution is 5.96. The van der Waals surface area contributed by atoms with Gasteiger partial charge in [0.15, 0.2) is 5.96 Å². The van der Waals surface area contributed by atoms with Gasteiger partial charge in [-0.25, -0.2) is 14.4 Å². The summed E-state index contributed by atoms with van der Waals surface area (Å²) in [5.74, 6) is 3.12. The van der Waals surface area contributed by atoms with Crippen molar-refractivity contribution in [3.63, 3.8) is 0 Å². The molecular formula is C36H41FN6O3. The van der Waals surface area contributed by atoms with Crippen LogP contribution in [0.15, 0.2) is 70.7 Å². The highest BCUT2D eigenvalue weighted by Crippen LogP contribution is 2.61. The van der Waals surface area contributed by atoms with Crippen LogP contribution in [0.4, 0.5) is 10.1 Å². The standard InChI is InChI=1S/C36H41FN6O3/c1-21-29-14-24(36(29,2)3)15-31(21)41-35(42-19-26(44)20-42)39-25-8-10-28-32(16-25)40-33(23-6-5-12-38-18-23)43(34(28)45)13-11-22-7-9-27(46-4)17-30(22)37/h5-10,12,16-18,21,24,26,29,31,44H,11,13-15,19-20H2,1-4H3,(H,39,41)/t21-,24-,29+,31?/m0/s1. The van der Waals surface area contributed by atoms with Gasteiger partial charge in [0, 0.05) is 49.3 Å². The van der Waals surface area contributed by atoms with Gasteiger partial charge < -0.3 is 20.1 Å². The number of aliphatic hydroxyl groups excluding tert-OH is 1. The number of anilines is 1. The number of hydrogen-bond acceptors (Lipinski definition) is 6. The van der Waals surface area contributed by atoms with Crippen LogP contribution in [0.2, 0.25) is 0 Å². The predicted octanol–water partition coefficient (Wildman–Crippen LogP) is 5.36. The zero-order valence-corrected chi connectivity index (χ0v) is 26.8. The lowest BCUT2D eigenvalue weighted by molar-refractivity contribution is -0.108. The van der Waals surface area contributed by atoms with Crippen LogP contribution in [0, 0.1) is 29.0 Å². The molecule has 2 aromatic heterocycles. The number of nitrogens with one attached hydrogen (secondary N) is 1. The molecule has 9 nitrogen and oxygen atoms in total. The van der Waals surface area contributed by atoms with Crippen LogP contribution >= 0.6 is 0 Å². The minimum absolute atomic E-state index is 0.207. The number of fused-ring (bicyclic) bond motifs is 3. The molecule has 1 saturated heterocycles. The van der Waals surface area contributed by atoms with E-state index >= 15 is 0 Å². The number of pyridine rings is 1. The summed E-state index contributed by atoms with van der Waals surface area (Å²) in [5, 5.41) is 14.1. The molecule has 1 unspecified atom stereocenters. The zero-order chi connectivity index (χ0) is 32.2. The Morgan fingerprint density at radius 2 is 2.00 bits per heavy atom. The molecule has 4 fully saturated rings. The van der Waals surface area contributed by atoms with Crippen molar-refractivity contribution in [1.82, 2.24) is 19.4 Å². The van der Waals surface area contributed by atoms with E-state index in [9.17, 15) is 14.3 Å². The number of aliphatic hydroxyl groups is 1. The molecule has 3 saturated carbocycles. The van der Waals surface area contributed by atoms with Crippen LogP contribution in [0.5, 0.6) is 5.75 Å². The van der Waals surface area contributed by atoms with Gasteiger partial charge in [0.25, 0.3) is 5.56 Å². The monoisotopic (exact) mass is 624 g/mol. The Labute approximate surface area is 268 Å². The van der Waals surface area contributed by atoms with Crippen molar-refractivity contribution in [3.8, 4) is 17.1 Å². The van der Waals surface area contributed by atoms with E-state index in [1.165, 1.54) is 19.6 Å². The van der Waals surface area contributed by atoms with Crippen LogP contribution < -0.4 is 15.6 Å². The van der Waals surface area contributed by atoms with Gasteiger partial charge in [0.05, 0.1) is 30.2 Å². The Kier molecular flexibility index (Phi) is 7.79. The second-order valence-corrected chi connectivity index (χ2v) is 13.7. The van der Waals surface area contributed by atoms with Crippen LogP contribution in [0.25, 0.3) is 22.3 Å². The molecule has 3 heterocycles. The van der Waals surface area contributed by atoms with Crippen molar-refractivity contribution >= 4 is 22.5 Å². The quantitative estimate of drug-likeness (QED) is 0.211. The summed E-state index contributed by atoms with van der Waals surface area (Å²) < 4.78 is 21.5. The summed E-state index contributed by atoms with van der Waals surface area (Å²) in [6.45, 7) is 8.40. The minimum Gasteiger partial charge on any atom is -0.497 e. The normalized spacial score (nSPS) is 24.0. The number of aliphatic imine (C=N–C) groups is 1. The lowest BCUT2D eigenvalue weighted by Gasteiger charge is -2.61. The molecule has 0 radical (unpaired) electrons. The first-order chi connectivity index (χ1) is 22.1. The zero-order valence-electron chi connectivity index (χ0n) is 26.8. The van der Waals surface area contributed by atoms with Crippen LogP contribution in [-0.4, -0.2) is 62.8 Å². The van der Waals surface area contributed by atoms with Gasteiger partial charge in [0.2, 0.25) is 0 Å². The highest BCUT2D eigenvalue weighted by Gasteiger charge is 2.56. The number of nitrogens with zero attached hydrogens (tertiary/aromatic N) is 5. The fourth-order valence-electron chi connectivity index (χ4n) is 7.71. The fraction of sp³-hybridized carbons (Fsp3) is 0.444. The average Bonchev–Trinajstić information content (AvgIpc) is 3.03. The summed E-state index contributed by atoms with van der Waals surface area (Å²) in [5.41, 5.74) is 2.65. The summed E-state index contributed by atoms with van der Waals surface area (Å²) in [4.78, 5) is 30.5. The topological polar surface area (TPSA) is 105 Å². The Balaban J connectivity index is 1.21. The molecule has 4 aliphatic rings. The molecule has 8 rings (SSSR count). The molecule has 4 aromatic rings. The van der Waals surface area contributed by atoms with Gasteiger partial charge in [-0.15, -0.1) is 0 Å². The molecule has 2 aromatic carbocycles. The van der Waals surface area contributed by atoms with Gasteiger partial charge in [-0.05, 0) is 84.4 Å². The van der Waals surface area contributed by atoms with E-state index in [1.54, 1.807) is 41.2 Å². The van der Waals surface area contributed by atoms with Crippen molar-refractivity contribution in [2.75, 3.05) is 25.5 Å². The van der Waals surface area contributed by atoms with E-state index in [-0.39, 0.29) is 30.1 Å². The summed E-state index contributed by atoms with van der Waals surface area (Å²) >= 11 is 0. The number of likely N-dealkylation sites (tertiary alicyclic amines) is 1. The first-order valence-electron chi connectivity index (χ1n) is 16.2. The van der Waals surface area contributed by atoms with Crippen molar-refractivity contribution in [2.45, 2.75) is 58.7 Å². The number of rotatable bonds is 7. The maximum atomic E-state index is 14.8. The second-order valence-electron chi connectivity index (χ2n) is 13.7. The maximum absolute atomic E-state index is 14.8. The molecule has 2 N–H and O–H groups in total. The molecule has 0 amide bonds. The van der Waals surface area contributed by atoms with E-state index in [0.717, 1.165) is 18.1 Å². The van der Waals surface area contributed by atoms with Crippen molar-refractivity contribution in [3.05, 3.63) is 82.7 Å². The van der Waals surface area contributed by atoms with E-state index in [4.69, 9.17) is 14.7 Å². The van der Waals surface area contributed by atoms with Crippen molar-refractivity contribution in [2.24, 2.45) is 28.2 Å². The molecule has 0 spiro atoms. The summed E-state index contributed by atoms with van der Waals surface area (Å²) in [6, 6.07) is 14.2. The number of ether oxygens (including phenoxy) is 1. The first kappa shape index (κ1) is 30.3. The molecule has 2 bridgehead atoms.